The molecule has 1 N–H and O–H groups in total. The van der Waals surface area contributed by atoms with Gasteiger partial charge in [0.2, 0.25) is 20.0 Å². The van der Waals surface area contributed by atoms with Crippen molar-refractivity contribution < 1.29 is 21.6 Å². The molecule has 0 saturated carbocycles. The van der Waals surface area contributed by atoms with Crippen molar-refractivity contribution in [1.29, 1.82) is 0 Å². The molecule has 0 aliphatic heterocycles. The molecule has 0 radical (unpaired) electrons. The third-order valence-electron chi connectivity index (χ3n) is 4.73. The Balaban J connectivity index is 2.15. The summed E-state index contributed by atoms with van der Waals surface area (Å²) in [7, 11) is -3.12. The van der Waals surface area contributed by atoms with Crippen molar-refractivity contribution in [3.8, 4) is 0 Å². The van der Waals surface area contributed by atoms with Gasteiger partial charge in [0.1, 0.15) is 4.90 Å². The second kappa shape index (κ2) is 9.66. The van der Waals surface area contributed by atoms with Gasteiger partial charge in [-0.2, -0.15) is 4.31 Å². The van der Waals surface area contributed by atoms with Gasteiger partial charge in [-0.05, 0) is 49.7 Å². The Bertz CT molecular complexity index is 1160. The highest BCUT2D eigenvalue weighted by Gasteiger charge is 2.24. The number of carbonyl (C=O) groups excluding carboxylic acids is 1. The van der Waals surface area contributed by atoms with Crippen molar-refractivity contribution in [2.24, 2.45) is 0 Å². The topological polar surface area (TPSA) is 104 Å². The van der Waals surface area contributed by atoms with Gasteiger partial charge in [-0.1, -0.05) is 23.7 Å². The lowest BCUT2D eigenvalue weighted by atomic mass is 10.2. The zero-order valence-corrected chi connectivity index (χ0v) is 20.3. The summed E-state index contributed by atoms with van der Waals surface area (Å²) >= 11 is 6.01. The monoisotopic (exact) mass is 487 g/mol. The highest BCUT2D eigenvalue weighted by molar-refractivity contribution is 7.89. The zero-order chi connectivity index (χ0) is 23.6. The maximum absolute atomic E-state index is 12.5. The van der Waals surface area contributed by atoms with Crippen molar-refractivity contribution in [3.63, 3.8) is 0 Å². The average molecular weight is 488 g/mol. The number of nitrogens with zero attached hydrogens (tertiary/aromatic N) is 2. The molecule has 0 fully saturated rings. The second-order valence-corrected chi connectivity index (χ2v) is 11.9. The van der Waals surface area contributed by atoms with Crippen LogP contribution in [0.15, 0.2) is 52.3 Å². The first-order valence-electron chi connectivity index (χ1n) is 9.35. The van der Waals surface area contributed by atoms with Crippen LogP contribution in [0.25, 0.3) is 0 Å². The molecule has 0 heterocycles. The SMILES string of the molecule is CC(C)N(C)S(=O)(=O)c1ccc(CNC(=O)c2ccc(Cl)c(S(=O)(=O)N(C)C)c2)cc1. The van der Waals surface area contributed by atoms with Crippen molar-refractivity contribution in [3.05, 3.63) is 58.6 Å². The summed E-state index contributed by atoms with van der Waals surface area (Å²) in [6.07, 6.45) is 0. The van der Waals surface area contributed by atoms with Crippen LogP contribution in [0, 0.1) is 0 Å². The van der Waals surface area contributed by atoms with Gasteiger partial charge in [0, 0.05) is 39.3 Å². The summed E-state index contributed by atoms with van der Waals surface area (Å²) in [5.41, 5.74) is 0.831. The van der Waals surface area contributed by atoms with Gasteiger partial charge >= 0.3 is 0 Å². The number of benzene rings is 2. The molecule has 2 aromatic carbocycles. The van der Waals surface area contributed by atoms with Crippen LogP contribution >= 0.6 is 11.6 Å². The first-order valence-corrected chi connectivity index (χ1v) is 12.6. The highest BCUT2D eigenvalue weighted by atomic mass is 35.5. The van der Waals surface area contributed by atoms with E-state index in [9.17, 15) is 21.6 Å². The Morgan fingerprint density at radius 2 is 1.55 bits per heavy atom. The molecule has 1 amide bonds. The Hall–Kier alpha value is -1.98. The number of hydrogen-bond acceptors (Lipinski definition) is 5. The molecule has 170 valence electrons. The molecule has 0 spiro atoms. The van der Waals surface area contributed by atoms with Gasteiger partial charge in [0.25, 0.3) is 5.91 Å². The molecule has 11 heteroatoms. The van der Waals surface area contributed by atoms with Gasteiger partial charge in [-0.15, -0.1) is 0 Å². The van der Waals surface area contributed by atoms with Crippen LogP contribution in [-0.4, -0.2) is 58.5 Å². The molecule has 2 rings (SSSR count). The highest BCUT2D eigenvalue weighted by Crippen LogP contribution is 2.25. The molecule has 2 aromatic rings. The molecule has 0 atom stereocenters. The third-order valence-corrected chi connectivity index (χ3v) is 9.08. The largest absolute Gasteiger partial charge is 0.348 e. The minimum absolute atomic E-state index is 0.0217. The van der Waals surface area contributed by atoms with Crippen molar-refractivity contribution in [1.82, 2.24) is 13.9 Å². The average Bonchev–Trinajstić information content (AvgIpc) is 2.71. The predicted molar refractivity (Wildman–Crippen MR) is 120 cm³/mol. The van der Waals surface area contributed by atoms with Crippen LogP contribution in [0.1, 0.15) is 29.8 Å². The summed E-state index contributed by atoms with van der Waals surface area (Å²) in [5.74, 6) is -0.483. The molecule has 0 unspecified atom stereocenters. The Morgan fingerprint density at radius 1 is 0.968 bits per heavy atom. The molecule has 0 bridgehead atoms. The number of sulfonamides is 2. The van der Waals surface area contributed by atoms with Crippen LogP contribution in [0.4, 0.5) is 0 Å². The van der Waals surface area contributed by atoms with Crippen molar-refractivity contribution >= 4 is 37.6 Å². The standard InChI is InChI=1S/C20H26ClN3O5S2/c1-14(2)24(5)30(26,27)17-9-6-15(7-10-17)13-22-20(25)16-8-11-18(21)19(12-16)31(28,29)23(3)4/h6-12,14H,13H2,1-5H3,(H,22,25). The van der Waals surface area contributed by atoms with Crippen molar-refractivity contribution in [2.45, 2.75) is 36.2 Å². The van der Waals surface area contributed by atoms with E-state index in [1.54, 1.807) is 26.0 Å². The van der Waals surface area contributed by atoms with E-state index in [1.807, 2.05) is 0 Å². The fraction of sp³-hybridized carbons (Fsp3) is 0.350. The lowest BCUT2D eigenvalue weighted by molar-refractivity contribution is 0.0950. The minimum Gasteiger partial charge on any atom is -0.348 e. The van der Waals surface area contributed by atoms with E-state index in [-0.39, 0.29) is 33.0 Å². The molecular formula is C20H26ClN3O5S2. The van der Waals surface area contributed by atoms with Gasteiger partial charge in [-0.25, -0.2) is 21.1 Å². The molecule has 8 nitrogen and oxygen atoms in total. The van der Waals surface area contributed by atoms with E-state index in [4.69, 9.17) is 11.6 Å². The molecule has 0 aliphatic carbocycles. The lowest BCUT2D eigenvalue weighted by Gasteiger charge is -2.21. The Morgan fingerprint density at radius 3 is 2.06 bits per heavy atom. The van der Waals surface area contributed by atoms with Gasteiger partial charge in [0.05, 0.1) is 9.92 Å². The van der Waals surface area contributed by atoms with Crippen LogP contribution in [0.2, 0.25) is 5.02 Å². The second-order valence-electron chi connectivity index (χ2n) is 7.37. The summed E-state index contributed by atoms with van der Waals surface area (Å²) in [4.78, 5) is 12.5. The van der Waals surface area contributed by atoms with Crippen LogP contribution in [0.3, 0.4) is 0 Å². The summed E-state index contributed by atoms with van der Waals surface area (Å²) in [6, 6.07) is 10.0. The minimum atomic E-state index is -3.80. The van der Waals surface area contributed by atoms with E-state index < -0.39 is 26.0 Å². The van der Waals surface area contributed by atoms with E-state index in [0.29, 0.717) is 5.56 Å². The molecule has 0 aromatic heterocycles. The maximum Gasteiger partial charge on any atom is 0.251 e. The summed E-state index contributed by atoms with van der Waals surface area (Å²) in [5, 5.41) is 2.71. The van der Waals surface area contributed by atoms with E-state index >= 15 is 0 Å². The fourth-order valence-corrected chi connectivity index (χ4v) is 5.31. The van der Waals surface area contributed by atoms with Crippen LogP contribution < -0.4 is 5.32 Å². The van der Waals surface area contributed by atoms with E-state index in [0.717, 1.165) is 4.31 Å². The first kappa shape index (κ1) is 25.3. The van der Waals surface area contributed by atoms with Crippen molar-refractivity contribution in [2.75, 3.05) is 21.1 Å². The summed E-state index contributed by atoms with van der Waals surface area (Å²) in [6.45, 7) is 3.71. The third kappa shape index (κ3) is 5.64. The van der Waals surface area contributed by atoms with E-state index in [2.05, 4.69) is 5.32 Å². The van der Waals surface area contributed by atoms with Gasteiger partial charge in [-0.3, -0.25) is 4.79 Å². The first-order chi connectivity index (χ1) is 14.3. The van der Waals surface area contributed by atoms with E-state index in [1.165, 1.54) is 55.8 Å². The zero-order valence-electron chi connectivity index (χ0n) is 18.0. The molecular weight excluding hydrogens is 462 g/mol. The summed E-state index contributed by atoms with van der Waals surface area (Å²) < 4.78 is 52.1. The van der Waals surface area contributed by atoms with Gasteiger partial charge in [0.15, 0.2) is 0 Å². The Labute approximate surface area is 188 Å². The quantitative estimate of drug-likeness (QED) is 0.616. The number of nitrogens with one attached hydrogen (secondary N) is 1. The molecule has 0 saturated heterocycles. The number of hydrogen-bond donors (Lipinski definition) is 1. The number of amides is 1. The van der Waals surface area contributed by atoms with Gasteiger partial charge < -0.3 is 5.32 Å². The smallest absolute Gasteiger partial charge is 0.251 e. The van der Waals surface area contributed by atoms with Crippen LogP contribution in [0.5, 0.6) is 0 Å². The predicted octanol–water partition coefficient (Wildman–Crippen LogP) is 2.55. The number of halogens is 1. The number of rotatable bonds is 8. The fourth-order valence-electron chi connectivity index (χ4n) is 2.55. The maximum atomic E-state index is 12.5. The Kier molecular flexibility index (Phi) is 7.88. The normalized spacial score (nSPS) is 12.5. The molecule has 31 heavy (non-hydrogen) atoms. The van der Waals surface area contributed by atoms with Crippen LogP contribution in [-0.2, 0) is 26.6 Å². The lowest BCUT2D eigenvalue weighted by Crippen LogP contribution is -2.33. The number of carbonyl (C=O) groups is 1. The molecule has 0 aliphatic rings.